The van der Waals surface area contributed by atoms with Gasteiger partial charge in [-0.1, -0.05) is 19.1 Å². The minimum atomic E-state index is -4.61. The standard InChI is InChI=1S/C12H14F5N/c1-2-6-18-8-11(13,14)9-4-3-5-10(7-9)12(15,16)17/h3-5,7,18H,2,6,8H2,1H3. The van der Waals surface area contributed by atoms with Gasteiger partial charge in [0.2, 0.25) is 0 Å². The van der Waals surface area contributed by atoms with Gasteiger partial charge in [-0.05, 0) is 25.1 Å². The van der Waals surface area contributed by atoms with Gasteiger partial charge in [0, 0.05) is 5.56 Å². The lowest BCUT2D eigenvalue weighted by Crippen LogP contribution is -2.31. The summed E-state index contributed by atoms with van der Waals surface area (Å²) in [6.07, 6.45) is -3.93. The van der Waals surface area contributed by atoms with E-state index >= 15 is 0 Å². The van der Waals surface area contributed by atoms with Gasteiger partial charge in [0.1, 0.15) is 0 Å². The van der Waals surface area contributed by atoms with E-state index in [0.717, 1.165) is 18.2 Å². The van der Waals surface area contributed by atoms with Crippen LogP contribution in [0, 0.1) is 0 Å². The van der Waals surface area contributed by atoms with Gasteiger partial charge in [0.25, 0.3) is 5.92 Å². The van der Waals surface area contributed by atoms with Crippen molar-refractivity contribution >= 4 is 0 Å². The van der Waals surface area contributed by atoms with E-state index in [1.165, 1.54) is 0 Å². The van der Waals surface area contributed by atoms with Crippen LogP contribution in [0.15, 0.2) is 24.3 Å². The average Bonchev–Trinajstić information content (AvgIpc) is 2.28. The Morgan fingerprint density at radius 3 is 2.22 bits per heavy atom. The molecule has 0 atom stereocenters. The van der Waals surface area contributed by atoms with Crippen molar-refractivity contribution in [2.75, 3.05) is 13.1 Å². The average molecular weight is 267 g/mol. The van der Waals surface area contributed by atoms with E-state index in [4.69, 9.17) is 0 Å². The Bertz CT molecular complexity index is 386. The van der Waals surface area contributed by atoms with Gasteiger partial charge in [-0.3, -0.25) is 0 Å². The zero-order valence-corrected chi connectivity index (χ0v) is 9.82. The van der Waals surface area contributed by atoms with E-state index in [1.807, 2.05) is 6.92 Å². The molecule has 1 nitrogen and oxygen atoms in total. The number of hydrogen-bond donors (Lipinski definition) is 1. The van der Waals surface area contributed by atoms with Crippen LogP contribution in [0.25, 0.3) is 0 Å². The number of benzene rings is 1. The van der Waals surface area contributed by atoms with Crippen LogP contribution in [0.1, 0.15) is 24.5 Å². The molecule has 1 aromatic carbocycles. The summed E-state index contributed by atoms with van der Waals surface area (Å²) in [6.45, 7) is 1.55. The van der Waals surface area contributed by atoms with E-state index in [1.54, 1.807) is 0 Å². The number of nitrogens with one attached hydrogen (secondary N) is 1. The van der Waals surface area contributed by atoms with Crippen molar-refractivity contribution in [3.63, 3.8) is 0 Å². The summed E-state index contributed by atoms with van der Waals surface area (Å²) in [5.74, 6) is -3.31. The molecule has 0 amide bonds. The van der Waals surface area contributed by atoms with E-state index in [9.17, 15) is 22.0 Å². The quantitative estimate of drug-likeness (QED) is 0.632. The number of halogens is 5. The highest BCUT2D eigenvalue weighted by Gasteiger charge is 2.35. The lowest BCUT2D eigenvalue weighted by molar-refractivity contribution is -0.137. The van der Waals surface area contributed by atoms with Crippen molar-refractivity contribution in [2.45, 2.75) is 25.4 Å². The molecule has 1 rings (SSSR count). The normalized spacial score (nSPS) is 12.8. The van der Waals surface area contributed by atoms with Crippen molar-refractivity contribution in [3.8, 4) is 0 Å². The Kier molecular flexibility index (Phi) is 4.67. The summed E-state index contributed by atoms with van der Waals surface area (Å²) < 4.78 is 64.4. The third-order valence-electron chi connectivity index (χ3n) is 2.39. The number of alkyl halides is 5. The van der Waals surface area contributed by atoms with Crippen LogP contribution < -0.4 is 5.32 Å². The van der Waals surface area contributed by atoms with Crippen LogP contribution in [0.2, 0.25) is 0 Å². The molecule has 0 fully saturated rings. The Hall–Kier alpha value is -1.17. The lowest BCUT2D eigenvalue weighted by atomic mass is 10.0. The number of hydrogen-bond acceptors (Lipinski definition) is 1. The highest BCUT2D eigenvalue weighted by molar-refractivity contribution is 5.28. The van der Waals surface area contributed by atoms with Gasteiger partial charge < -0.3 is 5.32 Å². The van der Waals surface area contributed by atoms with Gasteiger partial charge in [-0.15, -0.1) is 0 Å². The second kappa shape index (κ2) is 5.65. The molecule has 0 saturated carbocycles. The first-order chi connectivity index (χ1) is 8.27. The predicted molar refractivity (Wildman–Crippen MR) is 58.5 cm³/mol. The fourth-order valence-electron chi connectivity index (χ4n) is 1.45. The Balaban J connectivity index is 2.88. The predicted octanol–water partition coefficient (Wildman–Crippen LogP) is 3.80. The van der Waals surface area contributed by atoms with E-state index in [0.29, 0.717) is 19.0 Å². The molecule has 1 aromatic rings. The highest BCUT2D eigenvalue weighted by atomic mass is 19.4. The molecule has 0 spiro atoms. The third kappa shape index (κ3) is 3.94. The van der Waals surface area contributed by atoms with Crippen molar-refractivity contribution in [2.24, 2.45) is 0 Å². The first kappa shape index (κ1) is 14.9. The van der Waals surface area contributed by atoms with Gasteiger partial charge in [-0.25, -0.2) is 0 Å². The summed E-state index contributed by atoms with van der Waals surface area (Å²) in [5.41, 5.74) is -1.68. The van der Waals surface area contributed by atoms with Gasteiger partial charge in [0.05, 0.1) is 12.1 Å². The molecule has 0 heterocycles. The molecule has 0 aliphatic carbocycles. The van der Waals surface area contributed by atoms with Crippen molar-refractivity contribution in [3.05, 3.63) is 35.4 Å². The zero-order valence-electron chi connectivity index (χ0n) is 9.82. The Morgan fingerprint density at radius 1 is 1.06 bits per heavy atom. The summed E-state index contributed by atoms with van der Waals surface area (Å²) in [6, 6.07) is 3.27. The molecule has 102 valence electrons. The van der Waals surface area contributed by atoms with Crippen molar-refractivity contribution in [1.82, 2.24) is 5.32 Å². The smallest absolute Gasteiger partial charge is 0.311 e. The van der Waals surface area contributed by atoms with Gasteiger partial charge in [-0.2, -0.15) is 22.0 Å². The maximum absolute atomic E-state index is 13.6. The molecular formula is C12H14F5N. The third-order valence-corrected chi connectivity index (χ3v) is 2.39. The van der Waals surface area contributed by atoms with E-state index in [2.05, 4.69) is 5.32 Å². The molecule has 18 heavy (non-hydrogen) atoms. The monoisotopic (exact) mass is 267 g/mol. The second-order valence-electron chi connectivity index (χ2n) is 3.96. The summed E-state index contributed by atoms with van der Waals surface area (Å²) in [7, 11) is 0. The molecule has 1 N–H and O–H groups in total. The van der Waals surface area contributed by atoms with Crippen LogP contribution in [0.3, 0.4) is 0 Å². The molecule has 0 bridgehead atoms. The Labute approximate surface area is 102 Å². The molecule has 6 heteroatoms. The highest BCUT2D eigenvalue weighted by Crippen LogP contribution is 2.34. The van der Waals surface area contributed by atoms with Crippen LogP contribution in [-0.4, -0.2) is 13.1 Å². The topological polar surface area (TPSA) is 12.0 Å². The van der Waals surface area contributed by atoms with Crippen LogP contribution in [0.5, 0.6) is 0 Å². The molecule has 0 aliphatic rings. The molecular weight excluding hydrogens is 253 g/mol. The summed E-state index contributed by atoms with van der Waals surface area (Å²) in [4.78, 5) is 0. The van der Waals surface area contributed by atoms with Crippen molar-refractivity contribution in [1.29, 1.82) is 0 Å². The summed E-state index contributed by atoms with van der Waals surface area (Å²) in [5, 5.41) is 2.50. The molecule has 0 unspecified atom stereocenters. The van der Waals surface area contributed by atoms with Crippen molar-refractivity contribution < 1.29 is 22.0 Å². The zero-order chi connectivity index (χ0) is 13.8. The minimum absolute atomic E-state index is 0.397. The van der Waals surface area contributed by atoms with Crippen LogP contribution in [-0.2, 0) is 12.1 Å². The molecule has 0 saturated heterocycles. The largest absolute Gasteiger partial charge is 0.416 e. The number of rotatable bonds is 5. The minimum Gasteiger partial charge on any atom is -0.311 e. The molecule has 0 radical (unpaired) electrons. The van der Waals surface area contributed by atoms with Gasteiger partial charge in [0.15, 0.2) is 0 Å². The van der Waals surface area contributed by atoms with Crippen LogP contribution >= 0.6 is 0 Å². The van der Waals surface area contributed by atoms with E-state index in [-0.39, 0.29) is 0 Å². The maximum Gasteiger partial charge on any atom is 0.416 e. The molecule has 0 aromatic heterocycles. The Morgan fingerprint density at radius 2 is 1.67 bits per heavy atom. The molecule has 0 aliphatic heterocycles. The summed E-state index contributed by atoms with van der Waals surface area (Å²) >= 11 is 0. The first-order valence-corrected chi connectivity index (χ1v) is 5.53. The van der Waals surface area contributed by atoms with E-state index < -0.39 is 29.8 Å². The SMILES string of the molecule is CCCNCC(F)(F)c1cccc(C(F)(F)F)c1. The maximum atomic E-state index is 13.6. The second-order valence-corrected chi connectivity index (χ2v) is 3.96. The van der Waals surface area contributed by atoms with Crippen LogP contribution in [0.4, 0.5) is 22.0 Å². The van der Waals surface area contributed by atoms with Gasteiger partial charge >= 0.3 is 6.18 Å². The fourth-order valence-corrected chi connectivity index (χ4v) is 1.45. The lowest BCUT2D eigenvalue weighted by Gasteiger charge is -2.18. The fraction of sp³-hybridized carbons (Fsp3) is 0.500. The first-order valence-electron chi connectivity index (χ1n) is 5.53.